The summed E-state index contributed by atoms with van der Waals surface area (Å²) in [6.45, 7) is 2.12. The van der Waals surface area contributed by atoms with Crippen LogP contribution in [0.4, 0.5) is 0 Å². The number of nitrogens with two attached hydrogens (primary N) is 1. The van der Waals surface area contributed by atoms with Crippen molar-refractivity contribution in [3.8, 4) is 0 Å². The van der Waals surface area contributed by atoms with Crippen LogP contribution in [0.15, 0.2) is 30.3 Å². The molecule has 0 saturated heterocycles. The Balaban J connectivity index is 1.92. The lowest BCUT2D eigenvalue weighted by atomic mass is 10.0. The van der Waals surface area contributed by atoms with Gasteiger partial charge in [-0.1, -0.05) is 29.8 Å². The Labute approximate surface area is 116 Å². The van der Waals surface area contributed by atoms with Gasteiger partial charge in [0.1, 0.15) is 0 Å². The van der Waals surface area contributed by atoms with Crippen molar-refractivity contribution in [1.82, 2.24) is 0 Å². The molecule has 2 aromatic rings. The van der Waals surface area contributed by atoms with Crippen LogP contribution in [-0.2, 0) is 12.2 Å². The zero-order chi connectivity index (χ0) is 12.5. The fraction of sp³-hybridized carbons (Fsp3) is 0.333. The Morgan fingerprint density at radius 1 is 1.28 bits per heavy atom. The van der Waals surface area contributed by atoms with Gasteiger partial charge in [0.25, 0.3) is 0 Å². The largest absolute Gasteiger partial charge is 0.320 e. The fourth-order valence-corrected chi connectivity index (χ4v) is 4.76. The second-order valence-electron chi connectivity index (χ2n) is 4.79. The molecule has 0 fully saturated rings. The maximum atomic E-state index is 6.40. The molecule has 1 atom stereocenters. The minimum Gasteiger partial charge on any atom is -0.320 e. The molecule has 3 rings (SSSR count). The molecule has 0 radical (unpaired) electrons. The fourth-order valence-electron chi connectivity index (χ4n) is 2.35. The van der Waals surface area contributed by atoms with Gasteiger partial charge in [0.15, 0.2) is 0 Å². The van der Waals surface area contributed by atoms with Crippen molar-refractivity contribution in [3.63, 3.8) is 0 Å². The molecule has 1 nitrogen and oxygen atoms in total. The second-order valence-corrected chi connectivity index (χ2v) is 7.07. The van der Waals surface area contributed by atoms with Crippen molar-refractivity contribution in [2.24, 2.45) is 5.73 Å². The van der Waals surface area contributed by atoms with Gasteiger partial charge >= 0.3 is 0 Å². The third-order valence-corrected chi connectivity index (χ3v) is 5.68. The van der Waals surface area contributed by atoms with E-state index in [1.165, 1.54) is 33.7 Å². The highest BCUT2D eigenvalue weighted by Gasteiger charge is 2.18. The van der Waals surface area contributed by atoms with E-state index < -0.39 is 0 Å². The maximum absolute atomic E-state index is 6.40. The van der Waals surface area contributed by atoms with Gasteiger partial charge in [0, 0.05) is 15.5 Å². The highest BCUT2D eigenvalue weighted by Crippen LogP contribution is 2.35. The topological polar surface area (TPSA) is 26.0 Å². The van der Waals surface area contributed by atoms with Gasteiger partial charge in [-0.2, -0.15) is 11.8 Å². The summed E-state index contributed by atoms with van der Waals surface area (Å²) in [7, 11) is 0. The van der Waals surface area contributed by atoms with Gasteiger partial charge in [-0.3, -0.25) is 0 Å². The normalized spacial score (nSPS) is 16.3. The van der Waals surface area contributed by atoms with E-state index in [-0.39, 0.29) is 6.04 Å². The Bertz CT molecular complexity index is 536. The monoisotopic (exact) mass is 275 g/mol. The predicted molar refractivity (Wildman–Crippen MR) is 81.4 cm³/mol. The maximum Gasteiger partial charge on any atom is 0.0646 e. The van der Waals surface area contributed by atoms with Gasteiger partial charge in [-0.15, -0.1) is 11.3 Å². The molecule has 18 heavy (non-hydrogen) atoms. The molecule has 1 aromatic heterocycles. The van der Waals surface area contributed by atoms with Gasteiger partial charge in [-0.05, 0) is 36.3 Å². The minimum atomic E-state index is 0.0329. The van der Waals surface area contributed by atoms with E-state index in [0.29, 0.717) is 0 Å². The smallest absolute Gasteiger partial charge is 0.0646 e. The van der Waals surface area contributed by atoms with Crippen LogP contribution >= 0.6 is 23.1 Å². The molecule has 0 bridgehead atoms. The van der Waals surface area contributed by atoms with Gasteiger partial charge in [-0.25, -0.2) is 0 Å². The lowest BCUT2D eigenvalue weighted by molar-refractivity contribution is 0.890. The number of aryl methyl sites for hydroxylation is 2. The summed E-state index contributed by atoms with van der Waals surface area (Å²) in [6.07, 6.45) is 1.21. The van der Waals surface area contributed by atoms with Crippen molar-refractivity contribution >= 4 is 23.1 Å². The molecule has 2 heterocycles. The molecule has 94 valence electrons. The third-order valence-electron chi connectivity index (χ3n) is 3.35. The van der Waals surface area contributed by atoms with Crippen LogP contribution in [0.3, 0.4) is 0 Å². The number of thiophene rings is 1. The van der Waals surface area contributed by atoms with Crippen LogP contribution in [0.1, 0.15) is 32.5 Å². The molecule has 1 aliphatic rings. The summed E-state index contributed by atoms with van der Waals surface area (Å²) in [5.74, 6) is 2.42. The van der Waals surface area contributed by atoms with E-state index >= 15 is 0 Å². The lowest BCUT2D eigenvalue weighted by Gasteiger charge is -2.10. The highest BCUT2D eigenvalue weighted by atomic mass is 32.2. The van der Waals surface area contributed by atoms with E-state index in [0.717, 1.165) is 5.75 Å². The average Bonchev–Trinajstić information content (AvgIpc) is 2.81. The first-order chi connectivity index (χ1) is 8.74. The minimum absolute atomic E-state index is 0.0329. The zero-order valence-electron chi connectivity index (χ0n) is 10.5. The molecule has 0 spiro atoms. The number of fused-ring (bicyclic) bond motifs is 1. The number of hydrogen-bond donors (Lipinski definition) is 1. The molecule has 2 N–H and O–H groups in total. The van der Waals surface area contributed by atoms with Crippen LogP contribution < -0.4 is 5.73 Å². The van der Waals surface area contributed by atoms with Crippen LogP contribution in [0.25, 0.3) is 0 Å². The summed E-state index contributed by atoms with van der Waals surface area (Å²) in [5, 5.41) is 0. The van der Waals surface area contributed by atoms with Crippen LogP contribution in [0.5, 0.6) is 0 Å². The summed E-state index contributed by atoms with van der Waals surface area (Å²) in [5.41, 5.74) is 10.4. The van der Waals surface area contributed by atoms with Crippen molar-refractivity contribution < 1.29 is 0 Å². The first-order valence-electron chi connectivity index (χ1n) is 6.25. The highest BCUT2D eigenvalue weighted by molar-refractivity contribution is 7.98. The van der Waals surface area contributed by atoms with E-state index in [4.69, 9.17) is 5.73 Å². The summed E-state index contributed by atoms with van der Waals surface area (Å²) in [4.78, 5) is 2.86. The standard InChI is InChI=1S/C15H17NS2/c1-10-3-2-4-11(7-10)15(16)14-8-12-9-17-6-5-13(12)18-14/h2-4,7-8,15H,5-6,9,16H2,1H3. The number of rotatable bonds is 2. The molecule has 0 amide bonds. The predicted octanol–water partition coefficient (Wildman–Crippen LogP) is 3.89. The molecule has 1 aromatic carbocycles. The zero-order valence-corrected chi connectivity index (χ0v) is 12.1. The molecular weight excluding hydrogens is 258 g/mol. The summed E-state index contributed by atoms with van der Waals surface area (Å²) < 4.78 is 0. The quantitative estimate of drug-likeness (QED) is 0.899. The average molecular weight is 275 g/mol. The molecule has 0 saturated carbocycles. The molecular formula is C15H17NS2. The summed E-state index contributed by atoms with van der Waals surface area (Å²) >= 11 is 3.93. The van der Waals surface area contributed by atoms with Crippen molar-refractivity contribution in [2.45, 2.75) is 25.1 Å². The molecule has 1 aliphatic heterocycles. The van der Waals surface area contributed by atoms with Crippen molar-refractivity contribution in [2.75, 3.05) is 5.75 Å². The number of thioether (sulfide) groups is 1. The van der Waals surface area contributed by atoms with Crippen molar-refractivity contribution in [3.05, 3.63) is 56.8 Å². The van der Waals surface area contributed by atoms with Gasteiger partial charge in [0.2, 0.25) is 0 Å². The van der Waals surface area contributed by atoms with E-state index in [2.05, 4.69) is 37.3 Å². The Morgan fingerprint density at radius 3 is 2.94 bits per heavy atom. The molecule has 1 unspecified atom stereocenters. The Hall–Kier alpha value is -0.770. The van der Waals surface area contributed by atoms with Crippen LogP contribution in [-0.4, -0.2) is 5.75 Å². The Morgan fingerprint density at radius 2 is 2.17 bits per heavy atom. The van der Waals surface area contributed by atoms with Crippen LogP contribution in [0, 0.1) is 6.92 Å². The SMILES string of the molecule is Cc1cccc(C(N)c2cc3c(s2)CCSC3)c1. The molecule has 0 aliphatic carbocycles. The van der Waals surface area contributed by atoms with Crippen LogP contribution in [0.2, 0.25) is 0 Å². The van der Waals surface area contributed by atoms with Crippen molar-refractivity contribution in [1.29, 1.82) is 0 Å². The first kappa shape index (κ1) is 12.3. The molecule has 3 heteroatoms. The number of hydrogen-bond acceptors (Lipinski definition) is 3. The first-order valence-corrected chi connectivity index (χ1v) is 8.22. The second kappa shape index (κ2) is 5.08. The Kier molecular flexibility index (Phi) is 3.46. The third kappa shape index (κ3) is 2.35. The van der Waals surface area contributed by atoms with E-state index in [1.54, 1.807) is 4.88 Å². The van der Waals surface area contributed by atoms with Gasteiger partial charge < -0.3 is 5.73 Å². The van der Waals surface area contributed by atoms with E-state index in [9.17, 15) is 0 Å². The lowest BCUT2D eigenvalue weighted by Crippen LogP contribution is -2.10. The summed E-state index contributed by atoms with van der Waals surface area (Å²) in [6, 6.07) is 10.9. The number of benzene rings is 1. The van der Waals surface area contributed by atoms with Gasteiger partial charge in [0.05, 0.1) is 6.04 Å². The van der Waals surface area contributed by atoms with E-state index in [1.807, 2.05) is 23.1 Å².